The molecule has 0 heterocycles. The van der Waals surface area contributed by atoms with Gasteiger partial charge in [-0.05, 0) is 24.7 Å². The van der Waals surface area contributed by atoms with Crippen LogP contribution in [0.25, 0.3) is 0 Å². The molecule has 0 saturated heterocycles. The van der Waals surface area contributed by atoms with Gasteiger partial charge in [0.15, 0.2) is 0 Å². The van der Waals surface area contributed by atoms with Gasteiger partial charge in [-0.15, -0.1) is 0 Å². The standard InChI is InChI=1S/C13H26O2S4/c1-5-8-11-19(15)13(10-7-3)17-16-12(9-6-2)18(4)14/h8,11-13H,5-7,9-10H2,1-4H3/b11-8+. The van der Waals surface area contributed by atoms with Crippen molar-refractivity contribution >= 4 is 43.2 Å². The first-order valence-electron chi connectivity index (χ1n) is 6.77. The number of hydrogen-bond donors (Lipinski definition) is 0. The number of rotatable bonds is 11. The Hall–Kier alpha value is 0.740. The molecule has 0 aliphatic rings. The summed E-state index contributed by atoms with van der Waals surface area (Å²) in [7, 11) is 1.56. The summed E-state index contributed by atoms with van der Waals surface area (Å²) < 4.78 is 24.0. The molecule has 0 aromatic heterocycles. The third-order valence-electron chi connectivity index (χ3n) is 2.41. The van der Waals surface area contributed by atoms with Gasteiger partial charge in [0.05, 0.1) is 20.0 Å². The number of hydrogen-bond acceptors (Lipinski definition) is 4. The summed E-state index contributed by atoms with van der Waals surface area (Å²) in [5, 5.41) is 1.81. The third kappa shape index (κ3) is 9.32. The van der Waals surface area contributed by atoms with E-state index in [-0.39, 0.29) is 9.16 Å². The maximum absolute atomic E-state index is 12.1. The zero-order valence-electron chi connectivity index (χ0n) is 12.3. The minimum Gasteiger partial charge on any atom is -0.259 e. The van der Waals surface area contributed by atoms with Crippen LogP contribution < -0.4 is 0 Å². The van der Waals surface area contributed by atoms with Crippen molar-refractivity contribution < 1.29 is 8.42 Å². The molecule has 0 radical (unpaired) electrons. The molecule has 0 bridgehead atoms. The van der Waals surface area contributed by atoms with Crippen molar-refractivity contribution in [2.24, 2.45) is 0 Å². The molecular weight excluding hydrogens is 316 g/mol. The van der Waals surface area contributed by atoms with Gasteiger partial charge in [-0.25, -0.2) is 0 Å². The van der Waals surface area contributed by atoms with Gasteiger partial charge < -0.3 is 0 Å². The van der Waals surface area contributed by atoms with E-state index < -0.39 is 21.6 Å². The van der Waals surface area contributed by atoms with E-state index in [9.17, 15) is 8.42 Å². The maximum atomic E-state index is 12.1. The fourth-order valence-corrected chi connectivity index (χ4v) is 8.63. The van der Waals surface area contributed by atoms with Crippen LogP contribution in [0.15, 0.2) is 11.5 Å². The van der Waals surface area contributed by atoms with E-state index in [2.05, 4.69) is 13.8 Å². The predicted octanol–water partition coefficient (Wildman–Crippen LogP) is 4.67. The summed E-state index contributed by atoms with van der Waals surface area (Å²) in [6.07, 6.45) is 8.60. The van der Waals surface area contributed by atoms with E-state index in [1.165, 1.54) is 0 Å². The molecular formula is C13H26O2S4. The molecule has 0 aliphatic carbocycles. The Labute approximate surface area is 131 Å². The zero-order valence-corrected chi connectivity index (χ0v) is 15.6. The van der Waals surface area contributed by atoms with Crippen LogP contribution >= 0.6 is 21.6 Å². The second-order valence-corrected chi connectivity index (χ2v) is 10.6. The molecule has 0 rings (SSSR count). The van der Waals surface area contributed by atoms with E-state index >= 15 is 0 Å². The van der Waals surface area contributed by atoms with Gasteiger partial charge in [0.1, 0.15) is 0 Å². The number of allylic oxidation sites excluding steroid dienone is 1. The van der Waals surface area contributed by atoms with Gasteiger partial charge in [-0.1, -0.05) is 61.3 Å². The summed E-state index contributed by atoms with van der Waals surface area (Å²) >= 11 is 0. The lowest BCUT2D eigenvalue weighted by Crippen LogP contribution is -2.11. The molecule has 0 N–H and O–H groups in total. The minimum atomic E-state index is -0.929. The van der Waals surface area contributed by atoms with E-state index in [1.807, 2.05) is 18.4 Å². The first-order chi connectivity index (χ1) is 9.06. The predicted molar refractivity (Wildman–Crippen MR) is 94.2 cm³/mol. The Morgan fingerprint density at radius 2 is 1.53 bits per heavy atom. The van der Waals surface area contributed by atoms with Crippen molar-refractivity contribution in [3.63, 3.8) is 0 Å². The van der Waals surface area contributed by atoms with Crippen LogP contribution in [0.3, 0.4) is 0 Å². The first-order valence-corrected chi connectivity index (χ1v) is 11.9. The van der Waals surface area contributed by atoms with Crippen molar-refractivity contribution in [3.8, 4) is 0 Å². The van der Waals surface area contributed by atoms with Crippen LogP contribution in [-0.4, -0.2) is 23.8 Å². The molecule has 19 heavy (non-hydrogen) atoms. The van der Waals surface area contributed by atoms with Crippen LogP contribution in [0.4, 0.5) is 0 Å². The van der Waals surface area contributed by atoms with Crippen LogP contribution in [0.5, 0.6) is 0 Å². The summed E-state index contributed by atoms with van der Waals surface area (Å²) in [6.45, 7) is 6.26. The van der Waals surface area contributed by atoms with E-state index in [0.717, 1.165) is 32.1 Å². The molecule has 4 atom stereocenters. The smallest absolute Gasteiger partial charge is 0.0945 e. The average molecular weight is 343 g/mol. The van der Waals surface area contributed by atoms with Crippen LogP contribution in [0, 0.1) is 0 Å². The Balaban J connectivity index is 4.44. The lowest BCUT2D eigenvalue weighted by molar-refractivity contribution is 0.680. The van der Waals surface area contributed by atoms with Gasteiger partial charge in [0.25, 0.3) is 0 Å². The summed E-state index contributed by atoms with van der Waals surface area (Å²) in [5.74, 6) is 0. The molecule has 2 nitrogen and oxygen atoms in total. The molecule has 0 aromatic rings. The Morgan fingerprint density at radius 3 is 2.00 bits per heavy atom. The van der Waals surface area contributed by atoms with Crippen molar-refractivity contribution in [3.05, 3.63) is 11.5 Å². The second-order valence-electron chi connectivity index (χ2n) is 4.24. The van der Waals surface area contributed by atoms with Gasteiger partial charge in [0.2, 0.25) is 0 Å². The van der Waals surface area contributed by atoms with E-state index in [1.54, 1.807) is 27.8 Å². The highest BCUT2D eigenvalue weighted by atomic mass is 33.1. The van der Waals surface area contributed by atoms with E-state index in [4.69, 9.17) is 0 Å². The molecule has 0 fully saturated rings. The largest absolute Gasteiger partial charge is 0.259 e. The molecule has 0 aliphatic heterocycles. The summed E-state index contributed by atoms with van der Waals surface area (Å²) in [6, 6.07) is 0. The van der Waals surface area contributed by atoms with Crippen LogP contribution in [0.2, 0.25) is 0 Å². The normalized spacial score (nSPS) is 18.3. The summed E-state index contributed by atoms with van der Waals surface area (Å²) in [4.78, 5) is 0. The molecule has 114 valence electrons. The molecule has 0 saturated carbocycles. The molecule has 0 amide bonds. The fourth-order valence-electron chi connectivity index (χ4n) is 1.35. The summed E-state index contributed by atoms with van der Waals surface area (Å²) in [5.41, 5.74) is 0. The zero-order chi connectivity index (χ0) is 14.7. The van der Waals surface area contributed by atoms with Crippen LogP contribution in [-0.2, 0) is 21.6 Å². The molecule has 0 aromatic carbocycles. The van der Waals surface area contributed by atoms with E-state index in [0.29, 0.717) is 0 Å². The van der Waals surface area contributed by atoms with Crippen LogP contribution in [0.1, 0.15) is 52.9 Å². The molecule has 0 spiro atoms. The van der Waals surface area contributed by atoms with Gasteiger partial charge in [-0.3, -0.25) is 8.42 Å². The molecule has 4 unspecified atom stereocenters. The average Bonchev–Trinajstić information content (AvgIpc) is 2.38. The minimum absolute atomic E-state index is 0.112. The topological polar surface area (TPSA) is 34.1 Å². The third-order valence-corrected chi connectivity index (χ3v) is 10.0. The lowest BCUT2D eigenvalue weighted by Gasteiger charge is -2.17. The highest BCUT2D eigenvalue weighted by Crippen LogP contribution is 2.38. The maximum Gasteiger partial charge on any atom is 0.0945 e. The SMILES string of the molecule is CC/C=C/S(=O)C(CCC)SSC(CCC)S(C)=O. The van der Waals surface area contributed by atoms with Crippen molar-refractivity contribution in [1.29, 1.82) is 0 Å². The van der Waals surface area contributed by atoms with Crippen molar-refractivity contribution in [2.45, 2.75) is 62.0 Å². The Morgan fingerprint density at radius 1 is 1.00 bits per heavy atom. The monoisotopic (exact) mass is 342 g/mol. The van der Waals surface area contributed by atoms with Crippen molar-refractivity contribution in [2.75, 3.05) is 6.26 Å². The van der Waals surface area contributed by atoms with Gasteiger partial charge in [0, 0.05) is 17.1 Å². The quantitative estimate of drug-likeness (QED) is 0.511. The highest BCUT2D eigenvalue weighted by Gasteiger charge is 2.20. The second kappa shape index (κ2) is 12.5. The highest BCUT2D eigenvalue weighted by molar-refractivity contribution is 8.79. The van der Waals surface area contributed by atoms with Gasteiger partial charge >= 0.3 is 0 Å². The Kier molecular flexibility index (Phi) is 13.0. The lowest BCUT2D eigenvalue weighted by atomic mass is 10.4. The molecule has 6 heteroatoms. The Bertz CT molecular complexity index is 305. The first kappa shape index (κ1) is 19.7. The van der Waals surface area contributed by atoms with Gasteiger partial charge in [-0.2, -0.15) is 0 Å². The fraction of sp³-hybridized carbons (Fsp3) is 0.846. The van der Waals surface area contributed by atoms with Crippen molar-refractivity contribution in [1.82, 2.24) is 0 Å².